The molecule has 0 unspecified atom stereocenters. The molecule has 0 bridgehead atoms. The zero-order valence-electron chi connectivity index (χ0n) is 11.0. The van der Waals surface area contributed by atoms with E-state index in [4.69, 9.17) is 0 Å². The number of nitrogens with zero attached hydrogens (tertiary/aromatic N) is 6. The van der Waals surface area contributed by atoms with Crippen molar-refractivity contribution in [3.63, 3.8) is 0 Å². The molecule has 0 saturated carbocycles. The average molecular weight is 286 g/mol. The fourth-order valence-corrected chi connectivity index (χ4v) is 2.51. The number of thiazole rings is 1. The number of hydrogen-bond donors (Lipinski definition) is 0. The molecule has 0 radical (unpaired) electrons. The molecule has 102 valence electrons. The molecule has 20 heavy (non-hydrogen) atoms. The van der Waals surface area contributed by atoms with E-state index >= 15 is 0 Å². The Morgan fingerprint density at radius 1 is 1.25 bits per heavy atom. The van der Waals surface area contributed by atoms with E-state index in [0.29, 0.717) is 0 Å². The molecule has 0 saturated heterocycles. The van der Waals surface area contributed by atoms with E-state index in [1.165, 1.54) is 0 Å². The molecule has 1 aromatic carbocycles. The highest BCUT2D eigenvalue weighted by Gasteiger charge is 2.12. The van der Waals surface area contributed by atoms with Crippen LogP contribution < -0.4 is 4.90 Å². The zero-order valence-corrected chi connectivity index (χ0v) is 11.9. The summed E-state index contributed by atoms with van der Waals surface area (Å²) in [5, 5.41) is 15.0. The number of para-hydroxylation sites is 1. The van der Waals surface area contributed by atoms with Crippen LogP contribution in [0.3, 0.4) is 0 Å². The van der Waals surface area contributed by atoms with E-state index in [1.54, 1.807) is 16.0 Å². The fraction of sp³-hybridized carbons (Fsp3) is 0.231. The van der Waals surface area contributed by atoms with Crippen molar-refractivity contribution in [2.45, 2.75) is 6.42 Å². The molecular weight excluding hydrogens is 272 g/mol. The maximum atomic E-state index is 4.28. The van der Waals surface area contributed by atoms with Crippen molar-refractivity contribution in [2.24, 2.45) is 0 Å². The first-order valence-corrected chi connectivity index (χ1v) is 7.16. The molecule has 2 aromatic heterocycles. The van der Waals surface area contributed by atoms with E-state index in [-0.39, 0.29) is 0 Å². The van der Waals surface area contributed by atoms with Gasteiger partial charge < -0.3 is 4.90 Å². The molecule has 2 heterocycles. The topological polar surface area (TPSA) is 59.7 Å². The number of hydrogen-bond acceptors (Lipinski definition) is 6. The highest BCUT2D eigenvalue weighted by Crippen LogP contribution is 2.14. The minimum atomic E-state index is 0.729. The van der Waals surface area contributed by atoms with Crippen LogP contribution in [0, 0.1) is 0 Å². The van der Waals surface area contributed by atoms with Gasteiger partial charge in [-0.15, -0.1) is 11.3 Å². The predicted octanol–water partition coefficient (Wildman–Crippen LogP) is 1.80. The second kappa shape index (κ2) is 5.79. The molecular formula is C13H14N6S. The Hall–Kier alpha value is -2.28. The van der Waals surface area contributed by atoms with Crippen LogP contribution in [0.15, 0.2) is 41.9 Å². The van der Waals surface area contributed by atoms with Crippen LogP contribution in [-0.2, 0) is 6.42 Å². The Kier molecular flexibility index (Phi) is 3.69. The highest BCUT2D eigenvalue weighted by atomic mass is 32.1. The molecule has 6 nitrogen and oxygen atoms in total. The van der Waals surface area contributed by atoms with E-state index in [9.17, 15) is 0 Å². The maximum Gasteiger partial charge on any atom is 0.250 e. The summed E-state index contributed by atoms with van der Waals surface area (Å²) in [5.41, 5.74) is 0.952. The molecule has 0 N–H and O–H groups in total. The van der Waals surface area contributed by atoms with Gasteiger partial charge in [0.25, 0.3) is 0 Å². The summed E-state index contributed by atoms with van der Waals surface area (Å²) in [6.45, 7) is 0.820. The SMILES string of the molecule is CN(CCc1nccs1)c1nnnn1-c1ccccc1. The van der Waals surface area contributed by atoms with Gasteiger partial charge in [0.15, 0.2) is 0 Å². The predicted molar refractivity (Wildman–Crippen MR) is 78.2 cm³/mol. The number of likely N-dealkylation sites (N-methyl/N-ethyl adjacent to an activating group) is 1. The van der Waals surface area contributed by atoms with Gasteiger partial charge in [-0.1, -0.05) is 23.3 Å². The molecule has 0 amide bonds. The van der Waals surface area contributed by atoms with Crippen LogP contribution in [0.1, 0.15) is 5.01 Å². The lowest BCUT2D eigenvalue weighted by Crippen LogP contribution is -2.24. The van der Waals surface area contributed by atoms with Crippen molar-refractivity contribution in [1.29, 1.82) is 0 Å². The van der Waals surface area contributed by atoms with Crippen LogP contribution in [0.25, 0.3) is 5.69 Å². The van der Waals surface area contributed by atoms with E-state index < -0.39 is 0 Å². The largest absolute Gasteiger partial charge is 0.342 e. The third kappa shape index (κ3) is 2.67. The Morgan fingerprint density at radius 3 is 2.85 bits per heavy atom. The van der Waals surface area contributed by atoms with E-state index in [0.717, 1.165) is 29.6 Å². The summed E-state index contributed by atoms with van der Waals surface area (Å²) < 4.78 is 1.74. The van der Waals surface area contributed by atoms with Gasteiger partial charge in [0, 0.05) is 31.6 Å². The average Bonchev–Trinajstić information content (AvgIpc) is 3.17. The lowest BCUT2D eigenvalue weighted by molar-refractivity contribution is 0.767. The van der Waals surface area contributed by atoms with Crippen molar-refractivity contribution >= 4 is 17.3 Å². The highest BCUT2D eigenvalue weighted by molar-refractivity contribution is 7.09. The standard InChI is InChI=1S/C13H14N6S/c1-18(9-7-12-14-8-10-20-12)13-15-16-17-19(13)11-5-3-2-4-6-11/h2-6,8,10H,7,9H2,1H3. The summed E-state index contributed by atoms with van der Waals surface area (Å²) in [6.07, 6.45) is 2.71. The monoisotopic (exact) mass is 286 g/mol. The minimum absolute atomic E-state index is 0.729. The first kappa shape index (κ1) is 12.7. The normalized spacial score (nSPS) is 10.7. The summed E-state index contributed by atoms with van der Waals surface area (Å²) in [5.74, 6) is 0.729. The third-order valence-electron chi connectivity index (χ3n) is 2.94. The molecule has 3 aromatic rings. The van der Waals surface area contributed by atoms with Gasteiger partial charge in [-0.05, 0) is 22.6 Å². The number of tetrazole rings is 1. The minimum Gasteiger partial charge on any atom is -0.342 e. The Morgan fingerprint density at radius 2 is 2.10 bits per heavy atom. The zero-order chi connectivity index (χ0) is 13.8. The maximum absolute atomic E-state index is 4.28. The van der Waals surface area contributed by atoms with Crippen LogP contribution in [0.2, 0.25) is 0 Å². The summed E-state index contributed by atoms with van der Waals surface area (Å²) in [7, 11) is 1.98. The molecule has 0 aliphatic rings. The smallest absolute Gasteiger partial charge is 0.250 e. The Bertz CT molecular complexity index is 649. The first-order chi connectivity index (χ1) is 9.84. The van der Waals surface area contributed by atoms with Gasteiger partial charge in [-0.25, -0.2) is 4.98 Å². The van der Waals surface area contributed by atoms with Gasteiger partial charge in [0.1, 0.15) is 0 Å². The summed E-state index contributed by atoms with van der Waals surface area (Å²) in [4.78, 5) is 6.32. The van der Waals surface area contributed by atoms with Gasteiger partial charge in [0.05, 0.1) is 10.7 Å². The Balaban J connectivity index is 1.75. The molecule has 7 heteroatoms. The quantitative estimate of drug-likeness (QED) is 0.715. The van der Waals surface area contributed by atoms with E-state index in [2.05, 4.69) is 20.5 Å². The molecule has 0 aliphatic heterocycles. The number of benzene rings is 1. The van der Waals surface area contributed by atoms with Crippen LogP contribution in [-0.4, -0.2) is 38.8 Å². The van der Waals surface area contributed by atoms with Crippen molar-refractivity contribution < 1.29 is 0 Å². The molecule has 0 aliphatic carbocycles. The van der Waals surface area contributed by atoms with Crippen molar-refractivity contribution in [2.75, 3.05) is 18.5 Å². The van der Waals surface area contributed by atoms with Crippen molar-refractivity contribution in [3.05, 3.63) is 46.9 Å². The first-order valence-electron chi connectivity index (χ1n) is 6.28. The Labute approximate surface area is 120 Å². The molecule has 0 fully saturated rings. The molecule has 0 spiro atoms. The van der Waals surface area contributed by atoms with E-state index in [1.807, 2.05) is 53.9 Å². The van der Waals surface area contributed by atoms with Crippen LogP contribution in [0.5, 0.6) is 0 Å². The number of rotatable bonds is 5. The second-order valence-electron chi connectivity index (χ2n) is 4.32. The van der Waals surface area contributed by atoms with Crippen molar-refractivity contribution in [1.82, 2.24) is 25.2 Å². The summed E-state index contributed by atoms with van der Waals surface area (Å²) in [6, 6.07) is 9.87. The third-order valence-corrected chi connectivity index (χ3v) is 3.78. The van der Waals surface area contributed by atoms with Crippen molar-refractivity contribution in [3.8, 4) is 5.69 Å². The molecule has 3 rings (SSSR count). The van der Waals surface area contributed by atoms with Gasteiger partial charge in [0.2, 0.25) is 5.95 Å². The number of anilines is 1. The van der Waals surface area contributed by atoms with Gasteiger partial charge in [-0.3, -0.25) is 0 Å². The van der Waals surface area contributed by atoms with Gasteiger partial charge in [-0.2, -0.15) is 4.68 Å². The lowest BCUT2D eigenvalue weighted by Gasteiger charge is -2.16. The lowest BCUT2D eigenvalue weighted by atomic mass is 10.3. The summed E-state index contributed by atoms with van der Waals surface area (Å²) >= 11 is 1.67. The van der Waals surface area contributed by atoms with Crippen LogP contribution in [0.4, 0.5) is 5.95 Å². The van der Waals surface area contributed by atoms with Crippen LogP contribution >= 0.6 is 11.3 Å². The van der Waals surface area contributed by atoms with Gasteiger partial charge >= 0.3 is 0 Å². The second-order valence-corrected chi connectivity index (χ2v) is 5.30. The fourth-order valence-electron chi connectivity index (χ4n) is 1.90. The molecule has 0 atom stereocenters. The number of aromatic nitrogens is 5.